The first-order valence-corrected chi connectivity index (χ1v) is 7.99. The van der Waals surface area contributed by atoms with Crippen LogP contribution in [0.1, 0.15) is 31.4 Å². The van der Waals surface area contributed by atoms with E-state index in [0.29, 0.717) is 6.04 Å². The molecule has 0 saturated carbocycles. The van der Waals surface area contributed by atoms with Crippen LogP contribution in [0.15, 0.2) is 24.3 Å². The van der Waals surface area contributed by atoms with Crippen molar-refractivity contribution in [1.29, 1.82) is 0 Å². The van der Waals surface area contributed by atoms with Gasteiger partial charge in [-0.1, -0.05) is 12.1 Å². The fraction of sp³-hybridized carbons (Fsp3) is 0.647. The van der Waals surface area contributed by atoms with Crippen LogP contribution in [0.3, 0.4) is 0 Å². The second-order valence-corrected chi connectivity index (χ2v) is 6.29. The zero-order valence-corrected chi connectivity index (χ0v) is 13.0. The molecule has 2 saturated heterocycles. The Morgan fingerprint density at radius 1 is 1.19 bits per heavy atom. The van der Waals surface area contributed by atoms with Crippen molar-refractivity contribution in [3.05, 3.63) is 29.8 Å². The predicted octanol–water partition coefficient (Wildman–Crippen LogP) is 1.90. The highest BCUT2D eigenvalue weighted by atomic mass is 16.5. The van der Waals surface area contributed by atoms with Gasteiger partial charge in [0.15, 0.2) is 0 Å². The fourth-order valence-electron chi connectivity index (χ4n) is 3.66. The number of hydrogen-bond acceptors (Lipinski definition) is 4. The number of aliphatic hydroxyl groups is 1. The van der Waals surface area contributed by atoms with Crippen molar-refractivity contribution >= 4 is 0 Å². The molecule has 0 spiro atoms. The Morgan fingerprint density at radius 2 is 1.95 bits per heavy atom. The number of nitrogens with zero attached hydrogens (tertiary/aromatic N) is 2. The first kappa shape index (κ1) is 14.8. The predicted molar refractivity (Wildman–Crippen MR) is 83.6 cm³/mol. The maximum Gasteiger partial charge on any atom is 0.118 e. The van der Waals surface area contributed by atoms with E-state index in [2.05, 4.69) is 16.7 Å². The Morgan fingerprint density at radius 3 is 2.67 bits per heavy atom. The average molecular weight is 290 g/mol. The van der Waals surface area contributed by atoms with Crippen LogP contribution in [-0.4, -0.2) is 60.3 Å². The van der Waals surface area contributed by atoms with E-state index in [1.54, 1.807) is 7.11 Å². The van der Waals surface area contributed by atoms with Crippen LogP contribution in [0, 0.1) is 0 Å². The van der Waals surface area contributed by atoms with E-state index in [1.807, 2.05) is 24.3 Å². The number of benzene rings is 1. The lowest BCUT2D eigenvalue weighted by atomic mass is 10.0. The number of piperazine rings is 1. The minimum Gasteiger partial charge on any atom is -0.497 e. The quantitative estimate of drug-likeness (QED) is 0.919. The topological polar surface area (TPSA) is 35.9 Å². The van der Waals surface area contributed by atoms with E-state index in [1.165, 1.54) is 19.4 Å². The van der Waals surface area contributed by atoms with Crippen molar-refractivity contribution in [2.24, 2.45) is 0 Å². The van der Waals surface area contributed by atoms with Crippen LogP contribution in [0.25, 0.3) is 0 Å². The minimum absolute atomic E-state index is 0.154. The number of methoxy groups -OCH3 is 1. The van der Waals surface area contributed by atoms with Crippen molar-refractivity contribution in [1.82, 2.24) is 9.80 Å². The standard InChI is InChI=1S/C17H26N2O2/c1-13(17(20)14-5-7-16(21-2)8-6-14)19-11-10-18-9-3-4-15(18)12-19/h5-8,13,15,17,20H,3-4,9-12H2,1-2H3. The van der Waals surface area contributed by atoms with Gasteiger partial charge in [0.05, 0.1) is 13.2 Å². The molecule has 2 aliphatic heterocycles. The minimum atomic E-state index is -0.441. The van der Waals surface area contributed by atoms with Gasteiger partial charge in [-0.2, -0.15) is 0 Å². The van der Waals surface area contributed by atoms with Crippen LogP contribution < -0.4 is 4.74 Å². The fourth-order valence-corrected chi connectivity index (χ4v) is 3.66. The number of fused-ring (bicyclic) bond motifs is 1. The second-order valence-electron chi connectivity index (χ2n) is 6.29. The number of ether oxygens (including phenoxy) is 1. The summed E-state index contributed by atoms with van der Waals surface area (Å²) in [6, 6.07) is 8.61. The first-order valence-electron chi connectivity index (χ1n) is 7.99. The average Bonchev–Trinajstić information content (AvgIpc) is 3.01. The Labute approximate surface area is 127 Å². The van der Waals surface area contributed by atoms with Gasteiger partial charge in [0.25, 0.3) is 0 Å². The summed E-state index contributed by atoms with van der Waals surface area (Å²) in [6.07, 6.45) is 2.19. The molecule has 0 aliphatic carbocycles. The maximum atomic E-state index is 10.6. The van der Waals surface area contributed by atoms with Gasteiger partial charge in [-0.3, -0.25) is 9.80 Å². The summed E-state index contributed by atoms with van der Waals surface area (Å²) < 4.78 is 5.18. The summed E-state index contributed by atoms with van der Waals surface area (Å²) in [5.74, 6) is 0.832. The highest BCUT2D eigenvalue weighted by molar-refractivity contribution is 5.29. The number of rotatable bonds is 4. The summed E-state index contributed by atoms with van der Waals surface area (Å²) in [5.41, 5.74) is 0.970. The molecule has 21 heavy (non-hydrogen) atoms. The molecule has 4 heteroatoms. The molecule has 1 aromatic carbocycles. The van der Waals surface area contributed by atoms with Gasteiger partial charge in [-0.25, -0.2) is 0 Å². The maximum absolute atomic E-state index is 10.6. The van der Waals surface area contributed by atoms with Crippen molar-refractivity contribution in [3.8, 4) is 5.75 Å². The van der Waals surface area contributed by atoms with Gasteiger partial charge < -0.3 is 9.84 Å². The molecule has 2 fully saturated rings. The molecule has 116 valence electrons. The smallest absolute Gasteiger partial charge is 0.118 e. The van der Waals surface area contributed by atoms with Crippen molar-refractivity contribution in [2.75, 3.05) is 33.3 Å². The molecule has 1 aromatic rings. The molecular formula is C17H26N2O2. The van der Waals surface area contributed by atoms with Crippen molar-refractivity contribution < 1.29 is 9.84 Å². The molecule has 0 amide bonds. The third-order valence-corrected chi connectivity index (χ3v) is 5.11. The lowest BCUT2D eigenvalue weighted by Gasteiger charge is -2.42. The molecule has 1 N–H and O–H groups in total. The highest BCUT2D eigenvalue weighted by Gasteiger charge is 2.34. The van der Waals surface area contributed by atoms with Crippen LogP contribution in [0.5, 0.6) is 5.75 Å². The van der Waals surface area contributed by atoms with Crippen LogP contribution in [0.2, 0.25) is 0 Å². The Balaban J connectivity index is 1.64. The molecule has 4 nitrogen and oxygen atoms in total. The van der Waals surface area contributed by atoms with Gasteiger partial charge in [-0.15, -0.1) is 0 Å². The van der Waals surface area contributed by atoms with Gasteiger partial charge in [0.1, 0.15) is 5.75 Å². The Bertz CT molecular complexity index is 462. The van der Waals surface area contributed by atoms with Crippen LogP contribution >= 0.6 is 0 Å². The van der Waals surface area contributed by atoms with Gasteiger partial charge in [-0.05, 0) is 44.0 Å². The van der Waals surface area contributed by atoms with Crippen LogP contribution in [-0.2, 0) is 0 Å². The molecule has 3 atom stereocenters. The van der Waals surface area contributed by atoms with Crippen LogP contribution in [0.4, 0.5) is 0 Å². The monoisotopic (exact) mass is 290 g/mol. The summed E-state index contributed by atoms with van der Waals surface area (Å²) in [4.78, 5) is 5.05. The molecule has 3 rings (SSSR count). The number of hydrogen-bond donors (Lipinski definition) is 1. The third-order valence-electron chi connectivity index (χ3n) is 5.11. The van der Waals surface area contributed by atoms with E-state index in [9.17, 15) is 5.11 Å². The molecule has 3 unspecified atom stereocenters. The molecule has 2 aliphatic rings. The van der Waals surface area contributed by atoms with E-state index in [4.69, 9.17) is 4.74 Å². The molecule has 2 heterocycles. The van der Waals surface area contributed by atoms with Crippen molar-refractivity contribution in [2.45, 2.75) is 38.0 Å². The third kappa shape index (κ3) is 3.07. The van der Waals surface area contributed by atoms with E-state index in [0.717, 1.165) is 30.9 Å². The SMILES string of the molecule is COc1ccc(C(O)C(C)N2CCN3CCCC3C2)cc1. The van der Waals surface area contributed by atoms with E-state index in [-0.39, 0.29) is 6.04 Å². The summed E-state index contributed by atoms with van der Waals surface area (Å²) in [7, 11) is 1.66. The molecular weight excluding hydrogens is 264 g/mol. The Kier molecular flexibility index (Phi) is 4.48. The first-order chi connectivity index (χ1) is 10.2. The lowest BCUT2D eigenvalue weighted by molar-refractivity contribution is 0.0135. The second kappa shape index (κ2) is 6.34. The van der Waals surface area contributed by atoms with Crippen molar-refractivity contribution in [3.63, 3.8) is 0 Å². The highest BCUT2D eigenvalue weighted by Crippen LogP contribution is 2.27. The lowest BCUT2D eigenvalue weighted by Crippen LogP contribution is -2.53. The summed E-state index contributed by atoms with van der Waals surface area (Å²) in [5, 5.41) is 10.6. The normalized spacial score (nSPS) is 26.3. The largest absolute Gasteiger partial charge is 0.497 e. The Hall–Kier alpha value is -1.10. The van der Waals surface area contributed by atoms with E-state index >= 15 is 0 Å². The van der Waals surface area contributed by atoms with Gasteiger partial charge in [0, 0.05) is 31.7 Å². The summed E-state index contributed by atoms with van der Waals surface area (Å²) >= 11 is 0. The van der Waals surface area contributed by atoms with Gasteiger partial charge >= 0.3 is 0 Å². The summed E-state index contributed by atoms with van der Waals surface area (Å²) in [6.45, 7) is 6.69. The van der Waals surface area contributed by atoms with E-state index < -0.39 is 6.10 Å². The van der Waals surface area contributed by atoms with Gasteiger partial charge in [0.2, 0.25) is 0 Å². The zero-order valence-electron chi connectivity index (χ0n) is 13.0. The molecule has 0 radical (unpaired) electrons. The molecule has 0 aromatic heterocycles. The zero-order chi connectivity index (χ0) is 14.8. The number of aliphatic hydroxyl groups excluding tert-OH is 1. The molecule has 0 bridgehead atoms.